The van der Waals surface area contributed by atoms with E-state index in [-0.39, 0.29) is 6.10 Å². The lowest BCUT2D eigenvalue weighted by molar-refractivity contribution is 0.209. The van der Waals surface area contributed by atoms with Gasteiger partial charge >= 0.3 is 0 Å². The molecule has 2 heteroatoms. The van der Waals surface area contributed by atoms with E-state index in [2.05, 4.69) is 25.1 Å². The molecule has 0 aliphatic heterocycles. The van der Waals surface area contributed by atoms with Crippen LogP contribution in [-0.2, 0) is 0 Å². The largest absolute Gasteiger partial charge is 0.490 e. The zero-order valence-electron chi connectivity index (χ0n) is 11.4. The molecule has 0 aliphatic rings. The van der Waals surface area contributed by atoms with Crippen LogP contribution in [0, 0.1) is 0 Å². The molecule has 0 bridgehead atoms. The van der Waals surface area contributed by atoms with Gasteiger partial charge in [-0.3, -0.25) is 0 Å². The lowest BCUT2D eigenvalue weighted by Crippen LogP contribution is -2.14. The molecule has 2 aromatic rings. The van der Waals surface area contributed by atoms with E-state index in [1.165, 1.54) is 5.56 Å². The first-order valence-electron chi connectivity index (χ1n) is 6.82. The number of nitrogens with two attached hydrogens (primary N) is 1. The van der Waals surface area contributed by atoms with E-state index in [0.29, 0.717) is 6.54 Å². The van der Waals surface area contributed by atoms with Crippen LogP contribution in [-0.4, -0.2) is 12.6 Å². The Kier molecular flexibility index (Phi) is 4.99. The lowest BCUT2D eigenvalue weighted by Gasteiger charge is -2.17. The molecule has 0 saturated heterocycles. The van der Waals surface area contributed by atoms with Crippen molar-refractivity contribution in [3.8, 4) is 16.9 Å². The van der Waals surface area contributed by atoms with E-state index in [4.69, 9.17) is 10.5 Å². The van der Waals surface area contributed by atoms with Crippen molar-refractivity contribution in [2.75, 3.05) is 6.54 Å². The van der Waals surface area contributed by atoms with E-state index < -0.39 is 0 Å². The maximum Gasteiger partial charge on any atom is 0.127 e. The number of para-hydroxylation sites is 1. The van der Waals surface area contributed by atoms with Crippen molar-refractivity contribution in [2.24, 2.45) is 5.73 Å². The van der Waals surface area contributed by atoms with Crippen LogP contribution in [0.4, 0.5) is 0 Å². The van der Waals surface area contributed by atoms with Crippen LogP contribution in [0.25, 0.3) is 11.1 Å². The summed E-state index contributed by atoms with van der Waals surface area (Å²) in [7, 11) is 0. The second kappa shape index (κ2) is 6.95. The van der Waals surface area contributed by atoms with E-state index >= 15 is 0 Å². The molecule has 2 rings (SSSR count). The summed E-state index contributed by atoms with van der Waals surface area (Å²) in [5.74, 6) is 0.943. The van der Waals surface area contributed by atoms with Gasteiger partial charge in [0.2, 0.25) is 0 Å². The van der Waals surface area contributed by atoms with Gasteiger partial charge in [0.25, 0.3) is 0 Å². The second-order valence-electron chi connectivity index (χ2n) is 4.72. The molecule has 0 amide bonds. The first-order valence-corrected chi connectivity index (χ1v) is 6.82. The molecule has 0 fully saturated rings. The van der Waals surface area contributed by atoms with Crippen molar-refractivity contribution in [3.63, 3.8) is 0 Å². The third kappa shape index (κ3) is 3.83. The van der Waals surface area contributed by atoms with Gasteiger partial charge < -0.3 is 10.5 Å². The fourth-order valence-corrected chi connectivity index (χ4v) is 2.11. The molecule has 0 saturated carbocycles. The van der Waals surface area contributed by atoms with Gasteiger partial charge in [-0.2, -0.15) is 0 Å². The van der Waals surface area contributed by atoms with Crippen LogP contribution in [0.15, 0.2) is 54.6 Å². The van der Waals surface area contributed by atoms with Gasteiger partial charge in [0.05, 0.1) is 6.10 Å². The molecule has 19 heavy (non-hydrogen) atoms. The predicted octanol–water partition coefficient (Wildman–Crippen LogP) is 3.86. The molecule has 1 unspecified atom stereocenters. The maximum absolute atomic E-state index is 6.05. The monoisotopic (exact) mass is 255 g/mol. The number of hydrogen-bond acceptors (Lipinski definition) is 2. The van der Waals surface area contributed by atoms with Gasteiger partial charge in [0.15, 0.2) is 0 Å². The Bertz CT molecular complexity index is 496. The highest BCUT2D eigenvalue weighted by Crippen LogP contribution is 2.30. The van der Waals surface area contributed by atoms with Crippen molar-refractivity contribution in [2.45, 2.75) is 25.9 Å². The molecular weight excluding hydrogens is 234 g/mol. The van der Waals surface area contributed by atoms with Crippen molar-refractivity contribution in [1.29, 1.82) is 0 Å². The minimum atomic E-state index is 0.188. The first-order chi connectivity index (χ1) is 9.31. The highest BCUT2D eigenvalue weighted by atomic mass is 16.5. The van der Waals surface area contributed by atoms with Gasteiger partial charge in [-0.05, 0) is 37.9 Å². The Morgan fingerprint density at radius 3 is 2.42 bits per heavy atom. The summed E-state index contributed by atoms with van der Waals surface area (Å²) in [6.45, 7) is 2.81. The normalized spacial score (nSPS) is 12.1. The second-order valence-corrected chi connectivity index (χ2v) is 4.72. The number of benzene rings is 2. The van der Waals surface area contributed by atoms with E-state index in [9.17, 15) is 0 Å². The SMILES string of the molecule is CC(CCCN)Oc1ccccc1-c1ccccc1. The van der Waals surface area contributed by atoms with E-state index in [1.807, 2.05) is 36.4 Å². The maximum atomic E-state index is 6.05. The fraction of sp³-hybridized carbons (Fsp3) is 0.294. The average molecular weight is 255 g/mol. The number of hydrogen-bond donors (Lipinski definition) is 1. The first kappa shape index (κ1) is 13.6. The highest BCUT2D eigenvalue weighted by Gasteiger charge is 2.09. The third-order valence-corrected chi connectivity index (χ3v) is 3.11. The van der Waals surface area contributed by atoms with Gasteiger partial charge in [-0.25, -0.2) is 0 Å². The quantitative estimate of drug-likeness (QED) is 0.850. The summed E-state index contributed by atoms with van der Waals surface area (Å²) in [5, 5.41) is 0. The van der Waals surface area contributed by atoms with Crippen LogP contribution in [0.1, 0.15) is 19.8 Å². The van der Waals surface area contributed by atoms with Gasteiger partial charge in [-0.15, -0.1) is 0 Å². The number of ether oxygens (including phenoxy) is 1. The molecule has 2 N–H and O–H groups in total. The van der Waals surface area contributed by atoms with Crippen molar-refractivity contribution >= 4 is 0 Å². The van der Waals surface area contributed by atoms with Crippen LogP contribution in [0.3, 0.4) is 0 Å². The summed E-state index contributed by atoms with van der Waals surface area (Å²) in [6.07, 6.45) is 2.17. The zero-order chi connectivity index (χ0) is 13.5. The van der Waals surface area contributed by atoms with Crippen LogP contribution >= 0.6 is 0 Å². The summed E-state index contributed by atoms with van der Waals surface area (Å²) in [6, 6.07) is 18.5. The van der Waals surface area contributed by atoms with Crippen molar-refractivity contribution < 1.29 is 4.74 Å². The molecule has 100 valence electrons. The molecule has 0 radical (unpaired) electrons. The molecule has 0 spiro atoms. The summed E-state index contributed by atoms with van der Waals surface area (Å²) in [5.41, 5.74) is 7.86. The van der Waals surface area contributed by atoms with Crippen LogP contribution in [0.2, 0.25) is 0 Å². The Hall–Kier alpha value is -1.80. The summed E-state index contributed by atoms with van der Waals surface area (Å²) in [4.78, 5) is 0. The van der Waals surface area contributed by atoms with Crippen molar-refractivity contribution in [3.05, 3.63) is 54.6 Å². The number of rotatable bonds is 6. The average Bonchev–Trinajstić information content (AvgIpc) is 2.46. The molecule has 0 aliphatic carbocycles. The molecule has 2 nitrogen and oxygen atoms in total. The Morgan fingerprint density at radius 1 is 1.00 bits per heavy atom. The standard InChI is InChI=1S/C17H21NO/c1-14(8-7-13-18)19-17-12-6-5-11-16(17)15-9-3-2-4-10-15/h2-6,9-12,14H,7-8,13,18H2,1H3. The molecular formula is C17H21NO. The smallest absolute Gasteiger partial charge is 0.127 e. The lowest BCUT2D eigenvalue weighted by atomic mass is 10.0. The van der Waals surface area contributed by atoms with Crippen LogP contribution in [0.5, 0.6) is 5.75 Å². The Labute approximate surface area is 115 Å². The fourth-order valence-electron chi connectivity index (χ4n) is 2.11. The third-order valence-electron chi connectivity index (χ3n) is 3.11. The van der Waals surface area contributed by atoms with E-state index in [1.54, 1.807) is 0 Å². The Morgan fingerprint density at radius 2 is 1.68 bits per heavy atom. The van der Waals surface area contributed by atoms with Gasteiger partial charge in [0, 0.05) is 5.56 Å². The van der Waals surface area contributed by atoms with Crippen molar-refractivity contribution in [1.82, 2.24) is 0 Å². The Balaban J connectivity index is 2.17. The molecule has 0 aromatic heterocycles. The minimum Gasteiger partial charge on any atom is -0.490 e. The predicted molar refractivity (Wildman–Crippen MR) is 80.3 cm³/mol. The topological polar surface area (TPSA) is 35.2 Å². The minimum absolute atomic E-state index is 0.188. The molecule has 1 atom stereocenters. The summed E-state index contributed by atoms with van der Waals surface area (Å²) >= 11 is 0. The summed E-state index contributed by atoms with van der Waals surface area (Å²) < 4.78 is 6.05. The molecule has 2 aromatic carbocycles. The zero-order valence-corrected chi connectivity index (χ0v) is 11.4. The highest BCUT2D eigenvalue weighted by molar-refractivity contribution is 5.70. The molecule has 0 heterocycles. The van der Waals surface area contributed by atoms with Crippen LogP contribution < -0.4 is 10.5 Å². The van der Waals surface area contributed by atoms with E-state index in [0.717, 1.165) is 24.2 Å². The van der Waals surface area contributed by atoms with Gasteiger partial charge in [0.1, 0.15) is 5.75 Å². The van der Waals surface area contributed by atoms with Gasteiger partial charge in [-0.1, -0.05) is 48.5 Å².